The van der Waals surface area contributed by atoms with Crippen molar-refractivity contribution in [1.82, 2.24) is 0 Å². The Kier molecular flexibility index (Phi) is 8.65. The molecule has 0 aliphatic heterocycles. The molecule has 1 atom stereocenters. The Morgan fingerprint density at radius 3 is 2.21 bits per heavy atom. The first-order chi connectivity index (χ1) is 13.8. The van der Waals surface area contributed by atoms with Crippen LogP contribution in [-0.2, 0) is 19.3 Å². The Morgan fingerprint density at radius 1 is 0.714 bits per heavy atom. The summed E-state index contributed by atoms with van der Waals surface area (Å²) in [6.07, 6.45) is 17.7. The highest BCUT2D eigenvalue weighted by Gasteiger charge is 2.18. The zero-order chi connectivity index (χ0) is 19.6. The molecule has 0 nitrogen and oxygen atoms in total. The highest BCUT2D eigenvalue weighted by Crippen LogP contribution is 2.32. The summed E-state index contributed by atoms with van der Waals surface area (Å²) in [4.78, 5) is 0. The van der Waals surface area contributed by atoms with Gasteiger partial charge in [0.15, 0.2) is 0 Å². The number of hydrogen-bond acceptors (Lipinski definition) is 0. The van der Waals surface area contributed by atoms with E-state index in [4.69, 9.17) is 0 Å². The summed E-state index contributed by atoms with van der Waals surface area (Å²) in [5.74, 6) is 0.919. The first-order valence-electron chi connectivity index (χ1n) is 12.0. The van der Waals surface area contributed by atoms with Crippen LogP contribution in [0.25, 0.3) is 11.1 Å². The monoisotopic (exact) mass is 376 g/mol. The smallest absolute Gasteiger partial charge is 0.0181 e. The van der Waals surface area contributed by atoms with Crippen molar-refractivity contribution in [2.24, 2.45) is 5.92 Å². The van der Waals surface area contributed by atoms with Crippen LogP contribution in [0.2, 0.25) is 0 Å². The van der Waals surface area contributed by atoms with Crippen LogP contribution in [0.3, 0.4) is 0 Å². The molecule has 0 fully saturated rings. The number of unbranched alkanes of at least 4 members (excludes halogenated alkanes) is 6. The maximum Gasteiger partial charge on any atom is -0.0181 e. The van der Waals surface area contributed by atoms with Crippen molar-refractivity contribution in [3.63, 3.8) is 0 Å². The minimum atomic E-state index is 0.919. The second kappa shape index (κ2) is 11.4. The van der Waals surface area contributed by atoms with Gasteiger partial charge in [0.2, 0.25) is 0 Å². The van der Waals surface area contributed by atoms with Crippen molar-refractivity contribution in [3.8, 4) is 11.1 Å². The van der Waals surface area contributed by atoms with Crippen LogP contribution in [0, 0.1) is 5.92 Å². The third-order valence-corrected chi connectivity index (χ3v) is 6.61. The number of rotatable bonds is 11. The summed E-state index contributed by atoms with van der Waals surface area (Å²) >= 11 is 0. The molecule has 0 amide bonds. The van der Waals surface area contributed by atoms with Gasteiger partial charge in [0.05, 0.1) is 0 Å². The lowest BCUT2D eigenvalue weighted by Gasteiger charge is -2.25. The Labute approximate surface area is 173 Å². The molecule has 1 aliphatic carbocycles. The molecule has 2 aromatic rings. The Hall–Kier alpha value is -1.56. The third-order valence-electron chi connectivity index (χ3n) is 6.61. The van der Waals surface area contributed by atoms with Gasteiger partial charge >= 0.3 is 0 Å². The van der Waals surface area contributed by atoms with E-state index in [9.17, 15) is 0 Å². The van der Waals surface area contributed by atoms with Crippen LogP contribution < -0.4 is 0 Å². The molecule has 0 heteroatoms. The molecule has 1 aliphatic rings. The summed E-state index contributed by atoms with van der Waals surface area (Å²) in [6.45, 7) is 4.56. The molecular weight excluding hydrogens is 336 g/mol. The number of aryl methyl sites for hydroxylation is 2. The largest absolute Gasteiger partial charge is 0.0654 e. The van der Waals surface area contributed by atoms with Gasteiger partial charge in [-0.15, -0.1) is 0 Å². The quantitative estimate of drug-likeness (QED) is 0.345. The maximum absolute atomic E-state index is 2.47. The van der Waals surface area contributed by atoms with Gasteiger partial charge in [-0.1, -0.05) is 108 Å². The van der Waals surface area contributed by atoms with Crippen molar-refractivity contribution in [1.29, 1.82) is 0 Å². The van der Waals surface area contributed by atoms with E-state index in [0.29, 0.717) is 0 Å². The maximum atomic E-state index is 2.47. The summed E-state index contributed by atoms with van der Waals surface area (Å²) in [7, 11) is 0. The van der Waals surface area contributed by atoms with Gasteiger partial charge in [0.1, 0.15) is 0 Å². The molecule has 0 saturated carbocycles. The third kappa shape index (κ3) is 6.23. The van der Waals surface area contributed by atoms with E-state index in [-0.39, 0.29) is 0 Å². The molecule has 3 rings (SSSR count). The minimum Gasteiger partial charge on any atom is -0.0654 e. The molecule has 152 valence electrons. The fourth-order valence-corrected chi connectivity index (χ4v) is 4.71. The van der Waals surface area contributed by atoms with Gasteiger partial charge in [-0.25, -0.2) is 0 Å². The van der Waals surface area contributed by atoms with Crippen molar-refractivity contribution in [2.45, 2.75) is 97.3 Å². The van der Waals surface area contributed by atoms with Crippen LogP contribution in [0.15, 0.2) is 42.5 Å². The summed E-state index contributed by atoms with van der Waals surface area (Å²) in [6, 6.07) is 16.5. The minimum absolute atomic E-state index is 0.919. The summed E-state index contributed by atoms with van der Waals surface area (Å²) < 4.78 is 0. The van der Waals surface area contributed by atoms with Crippen LogP contribution in [0.5, 0.6) is 0 Å². The predicted octanol–water partition coefficient (Wildman–Crippen LogP) is 8.55. The topological polar surface area (TPSA) is 0 Å². The predicted molar refractivity (Wildman–Crippen MR) is 124 cm³/mol. The van der Waals surface area contributed by atoms with Crippen LogP contribution in [-0.4, -0.2) is 0 Å². The number of hydrogen-bond donors (Lipinski definition) is 0. The molecule has 28 heavy (non-hydrogen) atoms. The lowest BCUT2D eigenvalue weighted by molar-refractivity contribution is 0.404. The number of fused-ring (bicyclic) bond motifs is 1. The van der Waals surface area contributed by atoms with Gasteiger partial charge in [0.25, 0.3) is 0 Å². The second-order valence-electron chi connectivity index (χ2n) is 8.95. The second-order valence-corrected chi connectivity index (χ2v) is 8.95. The fourth-order valence-electron chi connectivity index (χ4n) is 4.71. The molecule has 0 bridgehead atoms. The van der Waals surface area contributed by atoms with Crippen LogP contribution in [0.1, 0.15) is 94.7 Å². The Bertz CT molecular complexity index is 694. The van der Waals surface area contributed by atoms with Crippen LogP contribution in [0.4, 0.5) is 0 Å². The first kappa shape index (κ1) is 21.2. The molecule has 2 aromatic carbocycles. The van der Waals surface area contributed by atoms with E-state index >= 15 is 0 Å². The van der Waals surface area contributed by atoms with Gasteiger partial charge in [-0.05, 0) is 65.8 Å². The Balaban J connectivity index is 1.52. The SMILES string of the molecule is CCCCCCCCC1CCc2cc(-c3ccc(CCCC)cc3)ccc2C1. The van der Waals surface area contributed by atoms with Gasteiger partial charge in [0, 0.05) is 0 Å². The van der Waals surface area contributed by atoms with Gasteiger partial charge in [-0.2, -0.15) is 0 Å². The summed E-state index contributed by atoms with van der Waals surface area (Å²) in [5.41, 5.74) is 7.46. The highest BCUT2D eigenvalue weighted by molar-refractivity contribution is 5.65. The van der Waals surface area contributed by atoms with Crippen molar-refractivity contribution >= 4 is 0 Å². The fraction of sp³-hybridized carbons (Fsp3) is 0.571. The lowest BCUT2D eigenvalue weighted by atomic mass is 9.80. The van der Waals surface area contributed by atoms with Gasteiger partial charge in [-0.3, -0.25) is 0 Å². The molecule has 0 heterocycles. The zero-order valence-electron chi connectivity index (χ0n) is 18.3. The molecule has 0 spiro atoms. The molecule has 1 unspecified atom stereocenters. The Morgan fingerprint density at radius 2 is 1.43 bits per heavy atom. The zero-order valence-corrected chi connectivity index (χ0v) is 18.3. The van der Waals surface area contributed by atoms with Crippen molar-refractivity contribution < 1.29 is 0 Å². The average molecular weight is 377 g/mol. The molecule has 0 aromatic heterocycles. The number of benzene rings is 2. The van der Waals surface area contributed by atoms with Crippen molar-refractivity contribution in [2.75, 3.05) is 0 Å². The average Bonchev–Trinajstić information content (AvgIpc) is 2.74. The van der Waals surface area contributed by atoms with E-state index < -0.39 is 0 Å². The highest BCUT2D eigenvalue weighted by atomic mass is 14.2. The standard InChI is InChI=1S/C28H40/c1-3-5-7-8-9-10-12-24-15-18-28-22-27(20-19-26(28)21-24)25-16-13-23(14-17-25)11-6-4-2/h13-14,16-17,19-20,22,24H,3-12,15,18,21H2,1-2H3. The normalized spacial score (nSPS) is 16.1. The molecule has 0 N–H and O–H groups in total. The van der Waals surface area contributed by atoms with E-state index in [1.165, 1.54) is 100 Å². The molecular formula is C28H40. The summed E-state index contributed by atoms with van der Waals surface area (Å²) in [5, 5.41) is 0. The lowest BCUT2D eigenvalue weighted by Crippen LogP contribution is -2.14. The molecule has 0 saturated heterocycles. The van der Waals surface area contributed by atoms with E-state index in [2.05, 4.69) is 56.3 Å². The molecule has 0 radical (unpaired) electrons. The first-order valence-corrected chi connectivity index (χ1v) is 12.0. The van der Waals surface area contributed by atoms with E-state index in [1.807, 2.05) is 0 Å². The van der Waals surface area contributed by atoms with Gasteiger partial charge < -0.3 is 0 Å². The van der Waals surface area contributed by atoms with Crippen LogP contribution >= 0.6 is 0 Å². The van der Waals surface area contributed by atoms with E-state index in [1.54, 1.807) is 11.1 Å². The van der Waals surface area contributed by atoms with Crippen molar-refractivity contribution in [3.05, 3.63) is 59.2 Å². The van der Waals surface area contributed by atoms with E-state index in [0.717, 1.165) is 5.92 Å².